The Kier molecular flexibility index (Phi) is 3.40. The lowest BCUT2D eigenvalue weighted by molar-refractivity contribution is 0.0880. The highest BCUT2D eigenvalue weighted by Crippen LogP contribution is 2.31. The van der Waals surface area contributed by atoms with Crippen LogP contribution in [0.2, 0.25) is 0 Å². The van der Waals surface area contributed by atoms with Crippen molar-refractivity contribution in [1.82, 2.24) is 9.88 Å². The van der Waals surface area contributed by atoms with E-state index in [1.807, 2.05) is 26.8 Å². The van der Waals surface area contributed by atoms with Gasteiger partial charge in [-0.15, -0.1) is 0 Å². The molecule has 3 N–H and O–H groups in total. The molecule has 1 aliphatic rings. The van der Waals surface area contributed by atoms with E-state index >= 15 is 0 Å². The fraction of sp³-hybridized carbons (Fsp3) is 0.188. The van der Waals surface area contributed by atoms with E-state index in [4.69, 9.17) is 5.73 Å². The van der Waals surface area contributed by atoms with Gasteiger partial charge in [0.1, 0.15) is 5.82 Å². The van der Waals surface area contributed by atoms with Crippen LogP contribution in [0.3, 0.4) is 0 Å². The zero-order valence-electron chi connectivity index (χ0n) is 12.8. The van der Waals surface area contributed by atoms with Crippen LogP contribution in [0.25, 0.3) is 5.69 Å². The Labute approximate surface area is 140 Å². The largest absolute Gasteiger partial charge is 0.384 e. The predicted octanol–water partition coefficient (Wildman–Crippen LogP) is 1.99. The van der Waals surface area contributed by atoms with Crippen LogP contribution in [0.1, 0.15) is 37.4 Å². The van der Waals surface area contributed by atoms with Crippen molar-refractivity contribution < 1.29 is 9.59 Å². The molecule has 2 heterocycles. The third kappa shape index (κ3) is 2.11. The van der Waals surface area contributed by atoms with E-state index in [-0.39, 0.29) is 16.9 Å². The first-order valence-corrected chi connectivity index (χ1v) is 7.71. The Bertz CT molecular complexity index is 960. The summed E-state index contributed by atoms with van der Waals surface area (Å²) in [6.07, 6.45) is 0. The summed E-state index contributed by atoms with van der Waals surface area (Å²) in [4.78, 5) is 36.2. The molecule has 3 rings (SSSR count). The monoisotopic (exact) mass is 375 g/mol. The fourth-order valence-electron chi connectivity index (χ4n) is 3.01. The molecule has 23 heavy (non-hydrogen) atoms. The molecule has 0 fully saturated rings. The number of aryl methyl sites for hydroxylation is 2. The molecule has 6 nitrogen and oxygen atoms in total. The van der Waals surface area contributed by atoms with Crippen molar-refractivity contribution in [2.24, 2.45) is 0 Å². The molecule has 2 aromatic rings. The van der Waals surface area contributed by atoms with E-state index in [1.165, 1.54) is 4.57 Å². The van der Waals surface area contributed by atoms with E-state index in [9.17, 15) is 14.4 Å². The molecular weight excluding hydrogens is 362 g/mol. The number of imide groups is 1. The van der Waals surface area contributed by atoms with E-state index in [2.05, 4.69) is 21.2 Å². The van der Waals surface area contributed by atoms with Gasteiger partial charge in [0.15, 0.2) is 0 Å². The lowest BCUT2D eigenvalue weighted by Crippen LogP contribution is -2.25. The second kappa shape index (κ2) is 5.06. The van der Waals surface area contributed by atoms with Crippen molar-refractivity contribution in [2.45, 2.75) is 20.8 Å². The van der Waals surface area contributed by atoms with E-state index < -0.39 is 17.4 Å². The molecule has 1 aliphatic heterocycles. The molecule has 0 saturated carbocycles. The number of fused-ring (bicyclic) bond motifs is 1. The number of hydrogen-bond acceptors (Lipinski definition) is 4. The van der Waals surface area contributed by atoms with Crippen LogP contribution in [0.5, 0.6) is 0 Å². The van der Waals surface area contributed by atoms with Gasteiger partial charge >= 0.3 is 0 Å². The van der Waals surface area contributed by atoms with Gasteiger partial charge in [-0.05, 0) is 37.5 Å². The highest BCUT2D eigenvalue weighted by atomic mass is 79.9. The van der Waals surface area contributed by atoms with Crippen molar-refractivity contribution in [3.8, 4) is 5.69 Å². The maximum atomic E-state index is 12.5. The molecule has 1 aromatic carbocycles. The number of carbonyl (C=O) groups excluding carboxylic acids is 2. The van der Waals surface area contributed by atoms with Crippen LogP contribution in [-0.2, 0) is 0 Å². The average Bonchev–Trinajstić information content (AvgIpc) is 2.74. The number of halogens is 1. The quantitative estimate of drug-likeness (QED) is 0.745. The second-order valence-electron chi connectivity index (χ2n) is 5.57. The van der Waals surface area contributed by atoms with Crippen LogP contribution < -0.4 is 16.6 Å². The third-order valence-corrected chi connectivity index (χ3v) is 5.23. The van der Waals surface area contributed by atoms with Gasteiger partial charge in [-0.2, -0.15) is 0 Å². The normalized spacial score (nSPS) is 13.2. The zero-order chi connectivity index (χ0) is 17.0. The molecular formula is C16H14BrN3O3. The maximum Gasteiger partial charge on any atom is 0.262 e. The molecule has 0 aliphatic carbocycles. The Hall–Kier alpha value is -2.41. The Morgan fingerprint density at radius 1 is 1.04 bits per heavy atom. The molecule has 1 aromatic heterocycles. The summed E-state index contributed by atoms with van der Waals surface area (Å²) in [5.74, 6) is -1.21. The number of carbonyl (C=O) groups is 2. The molecule has 0 unspecified atom stereocenters. The number of aromatic nitrogens is 1. The van der Waals surface area contributed by atoms with Gasteiger partial charge in [-0.25, -0.2) is 0 Å². The van der Waals surface area contributed by atoms with Crippen LogP contribution >= 0.6 is 15.9 Å². The number of anilines is 1. The minimum absolute atomic E-state index is 0.0234. The molecule has 0 atom stereocenters. The molecule has 118 valence electrons. The van der Waals surface area contributed by atoms with Gasteiger partial charge < -0.3 is 5.73 Å². The Morgan fingerprint density at radius 3 is 2.35 bits per heavy atom. The number of nitrogens with zero attached hydrogens (tertiary/aromatic N) is 1. The van der Waals surface area contributed by atoms with Crippen LogP contribution in [0.4, 0.5) is 5.82 Å². The standard InChI is InChI=1S/C16H14BrN3O3/c1-6-4-7(2)13(8(3)12(6)17)20-10(21)5-9-11(14(20)18)16(23)19-15(9)22/h4-5H,18H2,1-3H3,(H,19,22,23). The SMILES string of the molecule is Cc1cc(C)c(-n2c(N)c3c(cc2=O)C(=O)NC3=O)c(C)c1Br. The topological polar surface area (TPSA) is 94.2 Å². The van der Waals surface area contributed by atoms with E-state index in [1.54, 1.807) is 0 Å². The van der Waals surface area contributed by atoms with Crippen LogP contribution in [0, 0.1) is 20.8 Å². The van der Waals surface area contributed by atoms with E-state index in [0.717, 1.165) is 27.2 Å². The molecule has 0 radical (unpaired) electrons. The number of nitrogens with one attached hydrogen (secondary N) is 1. The number of amides is 2. The van der Waals surface area contributed by atoms with Gasteiger partial charge in [0.25, 0.3) is 17.4 Å². The summed E-state index contributed by atoms with van der Waals surface area (Å²) in [5.41, 5.74) is 9.03. The van der Waals surface area contributed by atoms with Crippen molar-refractivity contribution in [3.05, 3.63) is 54.8 Å². The number of nitrogens with two attached hydrogens (primary N) is 1. The highest BCUT2D eigenvalue weighted by molar-refractivity contribution is 9.10. The summed E-state index contributed by atoms with van der Waals surface area (Å²) in [6.45, 7) is 5.69. The van der Waals surface area contributed by atoms with Crippen LogP contribution in [0.15, 0.2) is 21.4 Å². The molecule has 7 heteroatoms. The summed E-state index contributed by atoms with van der Waals surface area (Å²) in [6, 6.07) is 3.08. The van der Waals surface area contributed by atoms with Crippen molar-refractivity contribution in [1.29, 1.82) is 0 Å². The van der Waals surface area contributed by atoms with Crippen molar-refractivity contribution in [3.63, 3.8) is 0 Å². The number of rotatable bonds is 1. The first-order valence-electron chi connectivity index (χ1n) is 6.92. The minimum atomic E-state index is -0.598. The maximum absolute atomic E-state index is 12.5. The van der Waals surface area contributed by atoms with Gasteiger partial charge in [-0.1, -0.05) is 22.0 Å². The summed E-state index contributed by atoms with van der Waals surface area (Å²) in [7, 11) is 0. The first kappa shape index (κ1) is 15.5. The highest BCUT2D eigenvalue weighted by Gasteiger charge is 2.32. The second-order valence-corrected chi connectivity index (χ2v) is 6.37. The van der Waals surface area contributed by atoms with Gasteiger partial charge in [0.2, 0.25) is 0 Å². The number of pyridine rings is 1. The first-order chi connectivity index (χ1) is 10.7. The summed E-state index contributed by atoms with van der Waals surface area (Å²) in [5, 5.41) is 2.16. The molecule has 0 bridgehead atoms. The third-order valence-electron chi connectivity index (χ3n) is 4.01. The lowest BCUT2D eigenvalue weighted by atomic mass is 10.0. The summed E-state index contributed by atoms with van der Waals surface area (Å²) < 4.78 is 2.15. The zero-order valence-corrected chi connectivity index (χ0v) is 14.4. The predicted molar refractivity (Wildman–Crippen MR) is 90.2 cm³/mol. The number of hydrogen-bond donors (Lipinski definition) is 2. The van der Waals surface area contributed by atoms with Crippen molar-refractivity contribution in [2.75, 3.05) is 5.73 Å². The van der Waals surface area contributed by atoms with Gasteiger partial charge in [-0.3, -0.25) is 24.3 Å². The van der Waals surface area contributed by atoms with Gasteiger partial charge in [0, 0.05) is 10.5 Å². The smallest absolute Gasteiger partial charge is 0.262 e. The van der Waals surface area contributed by atoms with Crippen molar-refractivity contribution >= 4 is 33.6 Å². The summed E-state index contributed by atoms with van der Waals surface area (Å²) >= 11 is 3.50. The minimum Gasteiger partial charge on any atom is -0.384 e. The Balaban J connectivity index is 2.43. The molecule has 0 spiro atoms. The van der Waals surface area contributed by atoms with E-state index in [0.29, 0.717) is 5.69 Å². The molecule has 2 amide bonds. The van der Waals surface area contributed by atoms with Gasteiger partial charge in [0.05, 0.1) is 16.8 Å². The number of nitrogen functional groups attached to an aromatic ring is 1. The average molecular weight is 376 g/mol. The number of benzene rings is 1. The Morgan fingerprint density at radius 2 is 1.70 bits per heavy atom. The van der Waals surface area contributed by atoms with Crippen LogP contribution in [-0.4, -0.2) is 16.4 Å². The molecule has 0 saturated heterocycles. The fourth-order valence-corrected chi connectivity index (χ4v) is 3.31. The lowest BCUT2D eigenvalue weighted by Gasteiger charge is -2.18.